The molecule has 2 aliphatic rings. The van der Waals surface area contributed by atoms with E-state index in [1.807, 2.05) is 7.05 Å². The van der Waals surface area contributed by atoms with Gasteiger partial charge in [-0.3, -0.25) is 4.90 Å². The maximum absolute atomic E-state index is 9.77. The van der Waals surface area contributed by atoms with Crippen LogP contribution < -0.4 is 5.32 Å². The maximum atomic E-state index is 9.77. The SMILES string of the molecule is CNC1(CO)CCCC(N(CCOC)C(C)C2CC2)C1. The van der Waals surface area contributed by atoms with Crippen molar-refractivity contribution in [2.24, 2.45) is 5.92 Å². The van der Waals surface area contributed by atoms with Gasteiger partial charge in [-0.25, -0.2) is 0 Å². The Kier molecular flexibility index (Phi) is 5.84. The summed E-state index contributed by atoms with van der Waals surface area (Å²) in [5, 5.41) is 13.2. The smallest absolute Gasteiger partial charge is 0.0613 e. The Balaban J connectivity index is 2.02. The second kappa shape index (κ2) is 7.21. The Morgan fingerprint density at radius 2 is 2.15 bits per heavy atom. The fourth-order valence-electron chi connectivity index (χ4n) is 3.83. The number of nitrogens with zero attached hydrogens (tertiary/aromatic N) is 1. The van der Waals surface area contributed by atoms with E-state index in [2.05, 4.69) is 17.1 Å². The van der Waals surface area contributed by atoms with E-state index in [4.69, 9.17) is 4.74 Å². The molecule has 20 heavy (non-hydrogen) atoms. The Bertz CT molecular complexity index is 290. The molecule has 2 rings (SSSR count). The average Bonchev–Trinajstić information content (AvgIpc) is 3.32. The Morgan fingerprint density at radius 3 is 2.70 bits per heavy atom. The van der Waals surface area contributed by atoms with Crippen LogP contribution in [0.1, 0.15) is 45.4 Å². The quantitative estimate of drug-likeness (QED) is 0.711. The lowest BCUT2D eigenvalue weighted by atomic mass is 9.78. The molecule has 3 unspecified atom stereocenters. The molecule has 0 aromatic heterocycles. The van der Waals surface area contributed by atoms with Crippen molar-refractivity contribution in [3.63, 3.8) is 0 Å². The van der Waals surface area contributed by atoms with Gasteiger partial charge in [0.1, 0.15) is 0 Å². The van der Waals surface area contributed by atoms with Crippen LogP contribution in [0.4, 0.5) is 0 Å². The number of aliphatic hydroxyl groups is 1. The second-order valence-corrected chi connectivity index (χ2v) is 6.75. The molecule has 4 heteroatoms. The van der Waals surface area contributed by atoms with Gasteiger partial charge in [-0.1, -0.05) is 0 Å². The fraction of sp³-hybridized carbons (Fsp3) is 1.00. The summed E-state index contributed by atoms with van der Waals surface area (Å²) < 4.78 is 5.31. The van der Waals surface area contributed by atoms with Gasteiger partial charge in [0.15, 0.2) is 0 Å². The lowest BCUT2D eigenvalue weighted by Crippen LogP contribution is -2.56. The zero-order valence-corrected chi connectivity index (χ0v) is 13.4. The van der Waals surface area contributed by atoms with Gasteiger partial charge in [0.2, 0.25) is 0 Å². The summed E-state index contributed by atoms with van der Waals surface area (Å²) in [6, 6.07) is 1.23. The third kappa shape index (κ3) is 3.73. The number of ether oxygens (including phenoxy) is 1. The van der Waals surface area contributed by atoms with Crippen LogP contribution in [0.5, 0.6) is 0 Å². The Hall–Kier alpha value is -0.160. The number of methoxy groups -OCH3 is 1. The van der Waals surface area contributed by atoms with Gasteiger partial charge in [-0.15, -0.1) is 0 Å². The van der Waals surface area contributed by atoms with Crippen LogP contribution in [0.2, 0.25) is 0 Å². The summed E-state index contributed by atoms with van der Waals surface area (Å²) in [4.78, 5) is 2.65. The fourth-order valence-corrected chi connectivity index (χ4v) is 3.83. The molecule has 0 spiro atoms. The van der Waals surface area contributed by atoms with E-state index >= 15 is 0 Å². The highest BCUT2D eigenvalue weighted by atomic mass is 16.5. The first-order valence-electron chi connectivity index (χ1n) is 8.20. The maximum Gasteiger partial charge on any atom is 0.0613 e. The van der Waals surface area contributed by atoms with Crippen LogP contribution in [-0.2, 0) is 4.74 Å². The molecule has 4 nitrogen and oxygen atoms in total. The van der Waals surface area contributed by atoms with Crippen molar-refractivity contribution >= 4 is 0 Å². The molecule has 2 aliphatic carbocycles. The number of likely N-dealkylation sites (N-methyl/N-ethyl adjacent to an activating group) is 1. The molecular formula is C16H32N2O2. The molecule has 118 valence electrons. The van der Waals surface area contributed by atoms with E-state index < -0.39 is 0 Å². The lowest BCUT2D eigenvalue weighted by Gasteiger charge is -2.46. The molecule has 0 aliphatic heterocycles. The standard InChI is InChI=1S/C16H32N2O2/c1-13(14-6-7-14)18(9-10-20-3)15-5-4-8-16(11-15,12-19)17-2/h13-15,17,19H,4-12H2,1-3H3. The van der Waals surface area contributed by atoms with Crippen molar-refractivity contribution < 1.29 is 9.84 Å². The van der Waals surface area contributed by atoms with E-state index in [0.29, 0.717) is 12.1 Å². The number of hydrogen-bond acceptors (Lipinski definition) is 4. The number of nitrogens with one attached hydrogen (secondary N) is 1. The highest BCUT2D eigenvalue weighted by molar-refractivity contribution is 4.98. The molecule has 0 amide bonds. The second-order valence-electron chi connectivity index (χ2n) is 6.75. The van der Waals surface area contributed by atoms with Gasteiger partial charge >= 0.3 is 0 Å². The summed E-state index contributed by atoms with van der Waals surface area (Å²) in [5.41, 5.74) is -0.0719. The van der Waals surface area contributed by atoms with Crippen molar-refractivity contribution in [2.45, 2.75) is 63.1 Å². The summed E-state index contributed by atoms with van der Waals surface area (Å²) in [7, 11) is 3.77. The predicted octanol–water partition coefficient (Wildman–Crippen LogP) is 1.63. The monoisotopic (exact) mass is 284 g/mol. The Morgan fingerprint density at radius 1 is 1.40 bits per heavy atom. The first-order valence-corrected chi connectivity index (χ1v) is 8.20. The normalized spacial score (nSPS) is 32.5. The van der Waals surface area contributed by atoms with Crippen LogP contribution in [0.3, 0.4) is 0 Å². The van der Waals surface area contributed by atoms with Gasteiger partial charge in [-0.2, -0.15) is 0 Å². The first-order chi connectivity index (χ1) is 9.65. The van der Waals surface area contributed by atoms with Crippen molar-refractivity contribution in [1.29, 1.82) is 0 Å². The number of aliphatic hydroxyl groups excluding tert-OH is 1. The minimum absolute atomic E-state index is 0.0719. The molecule has 0 aromatic carbocycles. The van der Waals surface area contributed by atoms with Crippen LogP contribution in [0, 0.1) is 5.92 Å². The molecule has 0 heterocycles. The summed E-state index contributed by atoms with van der Waals surface area (Å²) in [6.07, 6.45) is 7.37. The van der Waals surface area contributed by atoms with E-state index in [1.54, 1.807) is 7.11 Å². The van der Waals surface area contributed by atoms with E-state index in [-0.39, 0.29) is 12.1 Å². The Labute approximate surface area is 123 Å². The molecule has 2 saturated carbocycles. The van der Waals surface area contributed by atoms with E-state index in [0.717, 1.165) is 31.9 Å². The van der Waals surface area contributed by atoms with E-state index in [1.165, 1.54) is 25.7 Å². The molecule has 2 N–H and O–H groups in total. The van der Waals surface area contributed by atoms with E-state index in [9.17, 15) is 5.11 Å². The predicted molar refractivity (Wildman–Crippen MR) is 81.9 cm³/mol. The highest BCUT2D eigenvalue weighted by Crippen LogP contribution is 2.39. The van der Waals surface area contributed by atoms with Gasteiger partial charge in [-0.05, 0) is 58.4 Å². The molecule has 0 aromatic rings. The molecule has 3 atom stereocenters. The summed E-state index contributed by atoms with van der Waals surface area (Å²) >= 11 is 0. The van der Waals surface area contributed by atoms with Crippen LogP contribution in [-0.4, -0.2) is 61.5 Å². The minimum atomic E-state index is -0.0719. The zero-order chi connectivity index (χ0) is 14.6. The molecule has 0 saturated heterocycles. The van der Waals surface area contributed by atoms with Crippen molar-refractivity contribution in [1.82, 2.24) is 10.2 Å². The van der Waals surface area contributed by atoms with Crippen LogP contribution >= 0.6 is 0 Å². The van der Waals surface area contributed by atoms with Crippen molar-refractivity contribution in [3.8, 4) is 0 Å². The van der Waals surface area contributed by atoms with Crippen LogP contribution in [0.25, 0.3) is 0 Å². The van der Waals surface area contributed by atoms with Crippen LogP contribution in [0.15, 0.2) is 0 Å². The third-order valence-corrected chi connectivity index (χ3v) is 5.50. The molecule has 2 fully saturated rings. The largest absolute Gasteiger partial charge is 0.394 e. The minimum Gasteiger partial charge on any atom is -0.394 e. The molecule has 0 radical (unpaired) electrons. The van der Waals surface area contributed by atoms with Gasteiger partial charge in [0.25, 0.3) is 0 Å². The first kappa shape index (κ1) is 16.2. The van der Waals surface area contributed by atoms with Crippen molar-refractivity contribution in [3.05, 3.63) is 0 Å². The summed E-state index contributed by atoms with van der Waals surface area (Å²) in [5.74, 6) is 0.881. The third-order valence-electron chi connectivity index (χ3n) is 5.50. The zero-order valence-electron chi connectivity index (χ0n) is 13.4. The highest BCUT2D eigenvalue weighted by Gasteiger charge is 2.40. The number of rotatable bonds is 8. The molecule has 0 bridgehead atoms. The number of hydrogen-bond donors (Lipinski definition) is 2. The summed E-state index contributed by atoms with van der Waals surface area (Å²) in [6.45, 7) is 4.45. The van der Waals surface area contributed by atoms with Gasteiger partial charge in [0.05, 0.1) is 13.2 Å². The topological polar surface area (TPSA) is 44.7 Å². The average molecular weight is 284 g/mol. The van der Waals surface area contributed by atoms with Gasteiger partial charge in [0, 0.05) is 31.3 Å². The molecular weight excluding hydrogens is 252 g/mol. The van der Waals surface area contributed by atoms with Gasteiger partial charge < -0.3 is 15.2 Å². The lowest BCUT2D eigenvalue weighted by molar-refractivity contribution is 0.0250. The van der Waals surface area contributed by atoms with Crippen molar-refractivity contribution in [2.75, 3.05) is 33.9 Å².